The minimum absolute atomic E-state index is 0.0388. The van der Waals surface area contributed by atoms with E-state index >= 15 is 0 Å². The van der Waals surface area contributed by atoms with Gasteiger partial charge >= 0.3 is 0 Å². The van der Waals surface area contributed by atoms with Crippen molar-refractivity contribution < 1.29 is 13.2 Å². The Morgan fingerprint density at radius 3 is 2.58 bits per heavy atom. The van der Waals surface area contributed by atoms with Crippen molar-refractivity contribution in [3.8, 4) is 0 Å². The number of hydrogen-bond acceptors (Lipinski definition) is 5. The summed E-state index contributed by atoms with van der Waals surface area (Å²) in [7, 11) is -3.88. The summed E-state index contributed by atoms with van der Waals surface area (Å²) in [4.78, 5) is 20.4. The molecule has 1 heterocycles. The molecule has 2 rings (SSSR count). The van der Waals surface area contributed by atoms with Gasteiger partial charge in [-0.2, -0.15) is 0 Å². The molecule has 1 amide bonds. The van der Waals surface area contributed by atoms with E-state index in [1.165, 1.54) is 6.07 Å². The molecule has 0 radical (unpaired) electrons. The minimum atomic E-state index is -3.88. The van der Waals surface area contributed by atoms with Crippen LogP contribution in [-0.2, 0) is 21.2 Å². The molecule has 0 aliphatic heterocycles. The SMILES string of the molecule is Cc1nccc(CCC(=O)NS(=O)(=O)c2ccccc2C(C)C)n1. The van der Waals surface area contributed by atoms with Crippen LogP contribution >= 0.6 is 0 Å². The van der Waals surface area contributed by atoms with Crippen LogP contribution in [0.15, 0.2) is 41.4 Å². The quantitative estimate of drug-likeness (QED) is 0.866. The summed E-state index contributed by atoms with van der Waals surface area (Å²) < 4.78 is 27.1. The lowest BCUT2D eigenvalue weighted by Gasteiger charge is -2.13. The summed E-state index contributed by atoms with van der Waals surface area (Å²) in [5, 5.41) is 0. The van der Waals surface area contributed by atoms with Gasteiger partial charge in [0.2, 0.25) is 5.91 Å². The van der Waals surface area contributed by atoms with E-state index < -0.39 is 15.9 Å². The van der Waals surface area contributed by atoms with E-state index in [-0.39, 0.29) is 17.2 Å². The molecule has 0 saturated heterocycles. The van der Waals surface area contributed by atoms with E-state index in [9.17, 15) is 13.2 Å². The van der Waals surface area contributed by atoms with Crippen LogP contribution in [0.25, 0.3) is 0 Å². The van der Waals surface area contributed by atoms with Crippen LogP contribution in [0.3, 0.4) is 0 Å². The van der Waals surface area contributed by atoms with Crippen LogP contribution < -0.4 is 4.72 Å². The van der Waals surface area contributed by atoms with E-state index in [1.807, 2.05) is 13.8 Å². The highest BCUT2D eigenvalue weighted by molar-refractivity contribution is 7.90. The van der Waals surface area contributed by atoms with Gasteiger partial charge in [-0.25, -0.2) is 23.1 Å². The summed E-state index contributed by atoms with van der Waals surface area (Å²) >= 11 is 0. The van der Waals surface area contributed by atoms with Gasteiger partial charge in [-0.3, -0.25) is 4.79 Å². The molecular formula is C17H21N3O3S. The van der Waals surface area contributed by atoms with Crippen LogP contribution in [0.1, 0.15) is 43.3 Å². The number of aromatic nitrogens is 2. The van der Waals surface area contributed by atoms with Gasteiger partial charge in [0.25, 0.3) is 10.0 Å². The van der Waals surface area contributed by atoms with Gasteiger partial charge in [0, 0.05) is 18.3 Å². The Morgan fingerprint density at radius 1 is 1.21 bits per heavy atom. The first-order valence-corrected chi connectivity index (χ1v) is 9.21. The lowest BCUT2D eigenvalue weighted by Crippen LogP contribution is -2.31. The molecule has 24 heavy (non-hydrogen) atoms. The molecule has 0 spiro atoms. The maximum absolute atomic E-state index is 12.5. The lowest BCUT2D eigenvalue weighted by molar-refractivity contribution is -0.119. The number of carbonyl (C=O) groups excluding carboxylic acids is 1. The highest BCUT2D eigenvalue weighted by atomic mass is 32.2. The van der Waals surface area contributed by atoms with Crippen molar-refractivity contribution in [3.63, 3.8) is 0 Å². The second kappa shape index (κ2) is 7.53. The monoisotopic (exact) mass is 347 g/mol. The molecule has 2 aromatic rings. The van der Waals surface area contributed by atoms with Crippen molar-refractivity contribution in [2.75, 3.05) is 0 Å². The van der Waals surface area contributed by atoms with Crippen molar-refractivity contribution in [2.24, 2.45) is 0 Å². The molecule has 0 saturated carbocycles. The Morgan fingerprint density at radius 2 is 1.92 bits per heavy atom. The molecule has 0 bridgehead atoms. The molecule has 7 heteroatoms. The van der Waals surface area contributed by atoms with Crippen LogP contribution in [0.5, 0.6) is 0 Å². The number of amides is 1. The average Bonchev–Trinajstić information content (AvgIpc) is 2.52. The van der Waals surface area contributed by atoms with Crippen molar-refractivity contribution in [1.29, 1.82) is 0 Å². The maximum Gasteiger partial charge on any atom is 0.264 e. The summed E-state index contributed by atoms with van der Waals surface area (Å²) in [6, 6.07) is 8.41. The predicted octanol–water partition coefficient (Wildman–Crippen LogP) is 2.35. The number of sulfonamides is 1. The fraction of sp³-hybridized carbons (Fsp3) is 0.353. The number of hydrogen-bond donors (Lipinski definition) is 1. The number of benzene rings is 1. The van der Waals surface area contributed by atoms with Gasteiger partial charge < -0.3 is 0 Å². The Kier molecular flexibility index (Phi) is 5.66. The Bertz CT molecular complexity index is 832. The minimum Gasteiger partial charge on any atom is -0.274 e. The van der Waals surface area contributed by atoms with Crippen molar-refractivity contribution >= 4 is 15.9 Å². The number of nitrogens with one attached hydrogen (secondary N) is 1. The summed E-state index contributed by atoms with van der Waals surface area (Å²) in [6.45, 7) is 5.58. The predicted molar refractivity (Wildman–Crippen MR) is 90.9 cm³/mol. The number of nitrogens with zero attached hydrogens (tertiary/aromatic N) is 2. The van der Waals surface area contributed by atoms with Gasteiger partial charge in [0.1, 0.15) is 5.82 Å². The molecule has 0 fully saturated rings. The Balaban J connectivity index is 2.08. The molecule has 1 aromatic carbocycles. The average molecular weight is 347 g/mol. The first kappa shape index (κ1) is 18.1. The molecule has 0 atom stereocenters. The molecule has 128 valence electrons. The molecule has 6 nitrogen and oxygen atoms in total. The maximum atomic E-state index is 12.5. The molecular weight excluding hydrogens is 326 g/mol. The van der Waals surface area contributed by atoms with Crippen LogP contribution in [0.4, 0.5) is 0 Å². The summed E-state index contributed by atoms with van der Waals surface area (Å²) in [5.74, 6) is 0.105. The third-order valence-electron chi connectivity index (χ3n) is 3.52. The highest BCUT2D eigenvalue weighted by Crippen LogP contribution is 2.23. The van der Waals surface area contributed by atoms with E-state index in [0.717, 1.165) is 0 Å². The van der Waals surface area contributed by atoms with Gasteiger partial charge in [0.05, 0.1) is 4.90 Å². The molecule has 0 aliphatic rings. The smallest absolute Gasteiger partial charge is 0.264 e. The highest BCUT2D eigenvalue weighted by Gasteiger charge is 2.21. The fourth-order valence-electron chi connectivity index (χ4n) is 2.34. The topological polar surface area (TPSA) is 89.0 Å². The third-order valence-corrected chi connectivity index (χ3v) is 4.97. The van der Waals surface area contributed by atoms with Crippen molar-refractivity contribution in [1.82, 2.24) is 14.7 Å². The summed E-state index contributed by atoms with van der Waals surface area (Å²) in [6.07, 6.45) is 2.02. The first-order chi connectivity index (χ1) is 11.3. The van der Waals surface area contributed by atoms with Gasteiger partial charge in [-0.05, 0) is 37.0 Å². The Hall–Kier alpha value is -2.28. The second-order valence-corrected chi connectivity index (χ2v) is 7.47. The number of carbonyl (C=O) groups is 1. The summed E-state index contributed by atoms with van der Waals surface area (Å²) in [5.41, 5.74) is 1.39. The number of aryl methyl sites for hydroxylation is 2. The first-order valence-electron chi connectivity index (χ1n) is 7.72. The second-order valence-electron chi connectivity index (χ2n) is 5.82. The van der Waals surface area contributed by atoms with Crippen LogP contribution in [-0.4, -0.2) is 24.3 Å². The normalized spacial score (nSPS) is 11.5. The van der Waals surface area contributed by atoms with E-state index in [0.29, 0.717) is 23.5 Å². The molecule has 0 aliphatic carbocycles. The lowest BCUT2D eigenvalue weighted by atomic mass is 10.0. The fourth-order valence-corrected chi connectivity index (χ4v) is 3.73. The largest absolute Gasteiger partial charge is 0.274 e. The standard InChI is InChI=1S/C17H21N3O3S/c1-12(2)15-6-4-5-7-16(15)24(22,23)20-17(21)9-8-14-10-11-18-13(3)19-14/h4-7,10-12H,8-9H2,1-3H3,(H,20,21). The van der Waals surface area contributed by atoms with Crippen molar-refractivity contribution in [3.05, 3.63) is 53.6 Å². The van der Waals surface area contributed by atoms with Gasteiger partial charge in [-0.1, -0.05) is 32.0 Å². The molecule has 0 unspecified atom stereocenters. The van der Waals surface area contributed by atoms with Gasteiger partial charge in [0.15, 0.2) is 0 Å². The van der Waals surface area contributed by atoms with Crippen molar-refractivity contribution in [2.45, 2.75) is 44.4 Å². The van der Waals surface area contributed by atoms with E-state index in [4.69, 9.17) is 0 Å². The zero-order valence-electron chi connectivity index (χ0n) is 14.0. The van der Waals surface area contributed by atoms with E-state index in [1.54, 1.807) is 37.4 Å². The zero-order valence-corrected chi connectivity index (χ0v) is 14.8. The molecule has 1 aromatic heterocycles. The van der Waals surface area contributed by atoms with Crippen LogP contribution in [0.2, 0.25) is 0 Å². The van der Waals surface area contributed by atoms with Crippen LogP contribution in [0, 0.1) is 6.92 Å². The van der Waals surface area contributed by atoms with Gasteiger partial charge in [-0.15, -0.1) is 0 Å². The van der Waals surface area contributed by atoms with E-state index in [2.05, 4.69) is 14.7 Å². The molecule has 1 N–H and O–H groups in total. The number of rotatable bonds is 6. The Labute approximate surface area is 142 Å². The third kappa shape index (κ3) is 4.61. The zero-order chi connectivity index (χ0) is 17.7.